The Hall–Kier alpha value is -1.52. The second kappa shape index (κ2) is 5.53. The number of aromatic amines is 1. The van der Waals surface area contributed by atoms with E-state index in [4.69, 9.17) is 5.73 Å². The van der Waals surface area contributed by atoms with E-state index in [1.54, 1.807) is 0 Å². The van der Waals surface area contributed by atoms with Crippen LogP contribution >= 0.6 is 0 Å². The number of hydrogen-bond acceptors (Lipinski definition) is 2. The first kappa shape index (κ1) is 11.0. The molecule has 1 fully saturated rings. The van der Waals surface area contributed by atoms with E-state index in [0.717, 1.165) is 25.4 Å². The predicted molar refractivity (Wildman–Crippen MR) is 64.1 cm³/mol. The fourth-order valence-corrected chi connectivity index (χ4v) is 1.71. The van der Waals surface area contributed by atoms with Crippen LogP contribution in [0.5, 0.6) is 0 Å². The van der Waals surface area contributed by atoms with Gasteiger partial charge >= 0.3 is 0 Å². The van der Waals surface area contributed by atoms with E-state index in [-0.39, 0.29) is 0 Å². The monoisotopic (exact) mass is 221 g/mol. The van der Waals surface area contributed by atoms with Crippen LogP contribution in [-0.2, 0) is 6.42 Å². The van der Waals surface area contributed by atoms with E-state index in [1.165, 1.54) is 24.8 Å². The molecule has 0 saturated heterocycles. The van der Waals surface area contributed by atoms with E-state index in [0.29, 0.717) is 5.96 Å². The lowest BCUT2D eigenvalue weighted by Gasteiger charge is -2.23. The molecule has 1 aliphatic carbocycles. The largest absolute Gasteiger partial charge is 0.370 e. The molecule has 0 aromatic carbocycles. The van der Waals surface area contributed by atoms with Gasteiger partial charge in [-0.2, -0.15) is 5.10 Å². The van der Waals surface area contributed by atoms with Crippen LogP contribution in [0, 0.1) is 5.92 Å². The number of aromatic nitrogens is 2. The summed E-state index contributed by atoms with van der Waals surface area (Å²) in [6, 6.07) is 0. The average Bonchev–Trinajstić information content (AvgIpc) is 2.68. The molecule has 0 unspecified atom stereocenters. The summed E-state index contributed by atoms with van der Waals surface area (Å²) in [7, 11) is 0. The summed E-state index contributed by atoms with van der Waals surface area (Å²) in [5.74, 6) is 1.34. The first-order valence-corrected chi connectivity index (χ1v) is 5.86. The molecule has 1 saturated carbocycles. The van der Waals surface area contributed by atoms with Crippen LogP contribution < -0.4 is 11.1 Å². The van der Waals surface area contributed by atoms with Gasteiger partial charge in [0.2, 0.25) is 0 Å². The molecule has 88 valence electrons. The summed E-state index contributed by atoms with van der Waals surface area (Å²) in [6.45, 7) is 1.68. The molecule has 0 aliphatic heterocycles. The van der Waals surface area contributed by atoms with Crippen molar-refractivity contribution in [3.8, 4) is 0 Å². The van der Waals surface area contributed by atoms with Crippen LogP contribution in [0.4, 0.5) is 0 Å². The average molecular weight is 221 g/mol. The smallest absolute Gasteiger partial charge is 0.188 e. The van der Waals surface area contributed by atoms with Crippen molar-refractivity contribution < 1.29 is 0 Å². The van der Waals surface area contributed by atoms with Gasteiger partial charge in [0.25, 0.3) is 0 Å². The Balaban J connectivity index is 1.61. The fraction of sp³-hybridized carbons (Fsp3) is 0.636. The molecule has 16 heavy (non-hydrogen) atoms. The second-order valence-corrected chi connectivity index (χ2v) is 4.31. The minimum atomic E-state index is 0.565. The van der Waals surface area contributed by atoms with Crippen LogP contribution in [0.3, 0.4) is 0 Å². The second-order valence-electron chi connectivity index (χ2n) is 4.31. The van der Waals surface area contributed by atoms with Crippen molar-refractivity contribution in [2.75, 3.05) is 13.1 Å². The first-order chi connectivity index (χ1) is 7.84. The van der Waals surface area contributed by atoms with Crippen molar-refractivity contribution in [2.45, 2.75) is 25.7 Å². The zero-order valence-corrected chi connectivity index (χ0v) is 9.45. The summed E-state index contributed by atoms with van der Waals surface area (Å²) < 4.78 is 0. The van der Waals surface area contributed by atoms with Crippen LogP contribution in [0.2, 0.25) is 0 Å². The minimum absolute atomic E-state index is 0.565. The highest BCUT2D eigenvalue weighted by atomic mass is 15.1. The van der Waals surface area contributed by atoms with Gasteiger partial charge < -0.3 is 11.1 Å². The number of hydrogen-bond donors (Lipinski definition) is 3. The molecule has 2 rings (SSSR count). The van der Waals surface area contributed by atoms with Crippen molar-refractivity contribution in [1.29, 1.82) is 0 Å². The lowest BCUT2D eigenvalue weighted by Crippen LogP contribution is -2.34. The van der Waals surface area contributed by atoms with Gasteiger partial charge in [-0.3, -0.25) is 10.1 Å². The Bertz CT molecular complexity index is 326. The van der Waals surface area contributed by atoms with Gasteiger partial charge in [0.05, 0.1) is 6.20 Å². The van der Waals surface area contributed by atoms with E-state index >= 15 is 0 Å². The summed E-state index contributed by atoms with van der Waals surface area (Å²) in [6.07, 6.45) is 8.61. The minimum Gasteiger partial charge on any atom is -0.370 e. The van der Waals surface area contributed by atoms with Gasteiger partial charge in [-0.15, -0.1) is 0 Å². The number of nitrogens with one attached hydrogen (secondary N) is 2. The molecule has 0 amide bonds. The highest BCUT2D eigenvalue weighted by Crippen LogP contribution is 2.26. The third-order valence-corrected chi connectivity index (χ3v) is 3.02. The molecular formula is C11H19N5. The third-order valence-electron chi connectivity index (χ3n) is 3.02. The van der Waals surface area contributed by atoms with Crippen LogP contribution in [0.15, 0.2) is 17.4 Å². The highest BCUT2D eigenvalue weighted by Gasteiger charge is 2.16. The number of nitrogens with zero attached hydrogens (tertiary/aromatic N) is 2. The molecule has 0 bridgehead atoms. The predicted octanol–water partition coefficient (Wildman–Crippen LogP) is 0.657. The quantitative estimate of drug-likeness (QED) is 0.504. The van der Waals surface area contributed by atoms with Crippen molar-refractivity contribution in [1.82, 2.24) is 15.5 Å². The van der Waals surface area contributed by atoms with Crippen LogP contribution in [-0.4, -0.2) is 29.2 Å². The summed E-state index contributed by atoms with van der Waals surface area (Å²) >= 11 is 0. The zero-order valence-electron chi connectivity index (χ0n) is 9.45. The van der Waals surface area contributed by atoms with E-state index in [2.05, 4.69) is 20.5 Å². The molecule has 1 aliphatic rings. The Morgan fingerprint density at radius 1 is 1.62 bits per heavy atom. The van der Waals surface area contributed by atoms with Crippen LogP contribution in [0.1, 0.15) is 24.8 Å². The molecule has 0 atom stereocenters. The Kier molecular flexibility index (Phi) is 3.80. The van der Waals surface area contributed by atoms with Gasteiger partial charge in [0.15, 0.2) is 5.96 Å². The molecule has 0 spiro atoms. The maximum Gasteiger partial charge on any atom is 0.188 e. The van der Waals surface area contributed by atoms with Crippen LogP contribution in [0.25, 0.3) is 0 Å². The van der Waals surface area contributed by atoms with Gasteiger partial charge in [0.1, 0.15) is 0 Å². The summed E-state index contributed by atoms with van der Waals surface area (Å²) in [4.78, 5) is 4.32. The van der Waals surface area contributed by atoms with Crippen molar-refractivity contribution in [2.24, 2.45) is 16.6 Å². The van der Waals surface area contributed by atoms with Gasteiger partial charge in [0, 0.05) is 19.3 Å². The molecule has 0 radical (unpaired) electrons. The molecule has 4 N–H and O–H groups in total. The van der Waals surface area contributed by atoms with Crippen molar-refractivity contribution >= 4 is 5.96 Å². The third kappa shape index (κ3) is 3.25. The fourth-order valence-electron chi connectivity index (χ4n) is 1.71. The lowest BCUT2D eigenvalue weighted by molar-refractivity contribution is 0.326. The molecule has 1 aromatic heterocycles. The number of H-pyrrole nitrogens is 1. The topological polar surface area (TPSA) is 79.1 Å². The van der Waals surface area contributed by atoms with Gasteiger partial charge in [-0.1, -0.05) is 6.42 Å². The maximum atomic E-state index is 5.76. The summed E-state index contributed by atoms with van der Waals surface area (Å²) in [5, 5.41) is 9.78. The van der Waals surface area contributed by atoms with E-state index in [1.807, 2.05) is 12.4 Å². The highest BCUT2D eigenvalue weighted by molar-refractivity contribution is 5.77. The number of aliphatic imine (C=N–C) groups is 1. The molecule has 5 heteroatoms. The standard InChI is InChI=1S/C11H19N5/c12-11(14-6-9-2-1-3-9)13-5-4-10-7-15-16-8-10/h7-9H,1-6H2,(H,15,16)(H3,12,13,14). The molecule has 5 nitrogen and oxygen atoms in total. The summed E-state index contributed by atoms with van der Waals surface area (Å²) in [5.41, 5.74) is 6.94. The lowest BCUT2D eigenvalue weighted by atomic mass is 9.86. The SMILES string of the molecule is NC(=NCC1CCC1)NCCc1cn[nH]c1. The van der Waals surface area contributed by atoms with Gasteiger partial charge in [-0.25, -0.2) is 0 Å². The Morgan fingerprint density at radius 3 is 3.12 bits per heavy atom. The molecule has 1 aromatic rings. The number of nitrogens with two attached hydrogens (primary N) is 1. The number of rotatable bonds is 5. The zero-order chi connectivity index (χ0) is 11.2. The van der Waals surface area contributed by atoms with E-state index < -0.39 is 0 Å². The van der Waals surface area contributed by atoms with Gasteiger partial charge in [-0.05, 0) is 30.7 Å². The maximum absolute atomic E-state index is 5.76. The van der Waals surface area contributed by atoms with Crippen molar-refractivity contribution in [3.63, 3.8) is 0 Å². The Morgan fingerprint density at radius 2 is 2.50 bits per heavy atom. The molecule has 1 heterocycles. The Labute approximate surface area is 95.5 Å². The number of guanidine groups is 1. The first-order valence-electron chi connectivity index (χ1n) is 5.86. The van der Waals surface area contributed by atoms with Crippen molar-refractivity contribution in [3.05, 3.63) is 18.0 Å². The molecular weight excluding hydrogens is 202 g/mol. The normalized spacial score (nSPS) is 17.1. The van der Waals surface area contributed by atoms with E-state index in [9.17, 15) is 0 Å².